The normalized spacial score (nSPS) is 13.2. The molecule has 0 aliphatic heterocycles. The third-order valence-electron chi connectivity index (χ3n) is 5.36. The molecule has 2 aromatic carbocycles. The van der Waals surface area contributed by atoms with Gasteiger partial charge in [0.05, 0.1) is 22.4 Å². The molecular weight excluding hydrogens is 406 g/mol. The maximum absolute atomic E-state index is 13.5. The van der Waals surface area contributed by atoms with Gasteiger partial charge < -0.3 is 0 Å². The SMILES string of the molecule is CCC(CC)C(c1ccnn1-c1ccccc1)N(C)S(=O)(=O)c1ccccc1Cl. The Kier molecular flexibility index (Phi) is 6.77. The van der Waals surface area contributed by atoms with Crippen molar-refractivity contribution in [2.75, 3.05) is 7.05 Å². The number of para-hydroxylation sites is 1. The van der Waals surface area contributed by atoms with Gasteiger partial charge in [-0.2, -0.15) is 9.40 Å². The summed E-state index contributed by atoms with van der Waals surface area (Å²) in [5.41, 5.74) is 1.73. The van der Waals surface area contributed by atoms with E-state index < -0.39 is 10.0 Å². The fourth-order valence-corrected chi connectivity index (χ4v) is 5.62. The Balaban J connectivity index is 2.13. The van der Waals surface area contributed by atoms with Crippen molar-refractivity contribution >= 4 is 21.6 Å². The molecule has 0 radical (unpaired) electrons. The summed E-state index contributed by atoms with van der Waals surface area (Å²) < 4.78 is 30.2. The van der Waals surface area contributed by atoms with Crippen molar-refractivity contribution in [3.8, 4) is 5.69 Å². The summed E-state index contributed by atoms with van der Waals surface area (Å²) in [4.78, 5) is 0.117. The maximum Gasteiger partial charge on any atom is 0.244 e. The van der Waals surface area contributed by atoms with Crippen LogP contribution in [0, 0.1) is 5.92 Å². The Morgan fingerprint density at radius 3 is 2.24 bits per heavy atom. The Bertz CT molecular complexity index is 1050. The van der Waals surface area contributed by atoms with Gasteiger partial charge in [0.15, 0.2) is 0 Å². The predicted octanol–water partition coefficient (Wildman–Crippen LogP) is 5.32. The minimum atomic E-state index is -3.80. The summed E-state index contributed by atoms with van der Waals surface area (Å²) in [7, 11) is -2.17. The summed E-state index contributed by atoms with van der Waals surface area (Å²) in [5, 5.41) is 4.70. The molecule has 1 aromatic heterocycles. The van der Waals surface area contributed by atoms with Gasteiger partial charge >= 0.3 is 0 Å². The van der Waals surface area contributed by atoms with Crippen molar-refractivity contribution < 1.29 is 8.42 Å². The second kappa shape index (κ2) is 9.11. The quantitative estimate of drug-likeness (QED) is 0.484. The molecule has 3 rings (SSSR count). The van der Waals surface area contributed by atoms with Crippen LogP contribution in [-0.2, 0) is 10.0 Å². The average molecular weight is 432 g/mol. The number of aromatic nitrogens is 2. The fraction of sp³-hybridized carbons (Fsp3) is 0.318. The molecule has 0 aliphatic rings. The largest absolute Gasteiger partial charge is 0.244 e. The van der Waals surface area contributed by atoms with E-state index >= 15 is 0 Å². The molecule has 1 atom stereocenters. The lowest BCUT2D eigenvalue weighted by Gasteiger charge is -2.33. The molecular formula is C22H26ClN3O2S. The maximum atomic E-state index is 13.5. The monoisotopic (exact) mass is 431 g/mol. The van der Waals surface area contributed by atoms with Crippen LogP contribution < -0.4 is 0 Å². The van der Waals surface area contributed by atoms with Crippen LogP contribution in [0.25, 0.3) is 5.69 Å². The van der Waals surface area contributed by atoms with Gasteiger partial charge in [-0.25, -0.2) is 13.1 Å². The average Bonchev–Trinajstić information content (AvgIpc) is 3.21. The number of hydrogen-bond acceptors (Lipinski definition) is 3. The van der Waals surface area contributed by atoms with Gasteiger partial charge in [-0.3, -0.25) is 0 Å². The summed E-state index contributed by atoms with van der Waals surface area (Å²) in [6, 6.07) is 17.8. The Morgan fingerprint density at radius 2 is 1.62 bits per heavy atom. The van der Waals surface area contributed by atoms with Crippen molar-refractivity contribution in [1.29, 1.82) is 0 Å². The molecule has 7 heteroatoms. The molecule has 1 unspecified atom stereocenters. The highest BCUT2D eigenvalue weighted by atomic mass is 35.5. The van der Waals surface area contributed by atoms with E-state index in [0.717, 1.165) is 24.2 Å². The zero-order valence-corrected chi connectivity index (χ0v) is 18.4. The number of hydrogen-bond donors (Lipinski definition) is 0. The number of benzene rings is 2. The van der Waals surface area contributed by atoms with E-state index in [0.29, 0.717) is 0 Å². The van der Waals surface area contributed by atoms with E-state index in [9.17, 15) is 8.42 Å². The highest BCUT2D eigenvalue weighted by Gasteiger charge is 2.36. The van der Waals surface area contributed by atoms with Gasteiger partial charge in [0.2, 0.25) is 10.0 Å². The van der Waals surface area contributed by atoms with E-state index in [-0.39, 0.29) is 21.9 Å². The third kappa shape index (κ3) is 4.25. The molecule has 3 aromatic rings. The smallest absolute Gasteiger partial charge is 0.236 e. The van der Waals surface area contributed by atoms with Gasteiger partial charge in [0.25, 0.3) is 0 Å². The molecule has 0 saturated carbocycles. The van der Waals surface area contributed by atoms with Crippen LogP contribution in [0.3, 0.4) is 0 Å². The van der Waals surface area contributed by atoms with Gasteiger partial charge in [0.1, 0.15) is 4.90 Å². The number of sulfonamides is 1. The Morgan fingerprint density at radius 1 is 1.00 bits per heavy atom. The topological polar surface area (TPSA) is 55.2 Å². The van der Waals surface area contributed by atoms with Crippen LogP contribution in [0.5, 0.6) is 0 Å². The minimum absolute atomic E-state index is 0.117. The molecule has 0 fully saturated rings. The van der Waals surface area contributed by atoms with Crippen molar-refractivity contribution in [3.05, 3.63) is 77.6 Å². The Hall–Kier alpha value is -2.15. The number of halogens is 1. The predicted molar refractivity (Wildman–Crippen MR) is 117 cm³/mol. The molecule has 154 valence electrons. The van der Waals surface area contributed by atoms with Gasteiger partial charge in [-0.1, -0.05) is 68.6 Å². The molecule has 1 heterocycles. The zero-order chi connectivity index (χ0) is 21.0. The minimum Gasteiger partial charge on any atom is -0.236 e. The second-order valence-corrected chi connectivity index (χ2v) is 9.35. The third-order valence-corrected chi connectivity index (χ3v) is 7.70. The van der Waals surface area contributed by atoms with Crippen LogP contribution in [0.1, 0.15) is 38.4 Å². The highest BCUT2D eigenvalue weighted by Crippen LogP contribution is 2.37. The molecule has 5 nitrogen and oxygen atoms in total. The van der Waals surface area contributed by atoms with Crippen LogP contribution in [0.15, 0.2) is 71.8 Å². The summed E-state index contributed by atoms with van der Waals surface area (Å²) >= 11 is 6.23. The van der Waals surface area contributed by atoms with Crippen LogP contribution >= 0.6 is 11.6 Å². The van der Waals surface area contributed by atoms with Crippen LogP contribution in [-0.4, -0.2) is 29.6 Å². The lowest BCUT2D eigenvalue weighted by atomic mass is 9.92. The van der Waals surface area contributed by atoms with Crippen LogP contribution in [0.2, 0.25) is 5.02 Å². The van der Waals surface area contributed by atoms with Gasteiger partial charge in [-0.05, 0) is 36.2 Å². The van der Waals surface area contributed by atoms with E-state index in [1.807, 2.05) is 41.1 Å². The molecule has 0 spiro atoms. The van der Waals surface area contributed by atoms with Crippen molar-refractivity contribution in [3.63, 3.8) is 0 Å². The molecule has 29 heavy (non-hydrogen) atoms. The molecule has 0 amide bonds. The lowest BCUT2D eigenvalue weighted by molar-refractivity contribution is 0.248. The van der Waals surface area contributed by atoms with Crippen molar-refractivity contribution in [2.24, 2.45) is 5.92 Å². The van der Waals surface area contributed by atoms with Crippen molar-refractivity contribution in [2.45, 2.75) is 37.6 Å². The first-order valence-corrected chi connectivity index (χ1v) is 11.6. The zero-order valence-electron chi connectivity index (χ0n) is 16.9. The molecule has 0 aliphatic carbocycles. The Labute approximate surface area is 178 Å². The van der Waals surface area contributed by atoms with E-state index in [1.54, 1.807) is 37.5 Å². The van der Waals surface area contributed by atoms with E-state index in [1.165, 1.54) is 4.31 Å². The second-order valence-electron chi connectivity index (χ2n) is 6.98. The summed E-state index contributed by atoms with van der Waals surface area (Å²) in [6.45, 7) is 4.17. The van der Waals surface area contributed by atoms with Gasteiger partial charge in [-0.15, -0.1) is 0 Å². The first kappa shape index (κ1) is 21.6. The summed E-state index contributed by atoms with van der Waals surface area (Å²) in [5.74, 6) is 0.122. The standard InChI is InChI=1S/C22H26ClN3O2S/c1-4-17(5-2)22(20-15-16-24-26(20)18-11-7-6-8-12-18)25(3)29(27,28)21-14-10-9-13-19(21)23/h6-17,22H,4-5H2,1-3H3. The van der Waals surface area contributed by atoms with Gasteiger partial charge in [0, 0.05) is 13.2 Å². The number of rotatable bonds is 8. The first-order valence-electron chi connectivity index (χ1n) is 9.73. The molecule has 0 N–H and O–H groups in total. The number of nitrogens with zero attached hydrogens (tertiary/aromatic N) is 3. The molecule has 0 saturated heterocycles. The lowest BCUT2D eigenvalue weighted by Crippen LogP contribution is -2.36. The first-order chi connectivity index (χ1) is 13.9. The summed E-state index contributed by atoms with van der Waals surface area (Å²) in [6.07, 6.45) is 3.39. The van der Waals surface area contributed by atoms with E-state index in [2.05, 4.69) is 18.9 Å². The fourth-order valence-electron chi connectivity index (χ4n) is 3.74. The molecule has 0 bridgehead atoms. The highest BCUT2D eigenvalue weighted by molar-refractivity contribution is 7.89. The van der Waals surface area contributed by atoms with E-state index in [4.69, 9.17) is 11.6 Å². The van der Waals surface area contributed by atoms with Crippen LogP contribution in [0.4, 0.5) is 0 Å². The van der Waals surface area contributed by atoms with Crippen molar-refractivity contribution in [1.82, 2.24) is 14.1 Å².